The van der Waals surface area contributed by atoms with E-state index in [4.69, 9.17) is 21.4 Å². The van der Waals surface area contributed by atoms with Gasteiger partial charge >= 0.3 is 5.97 Å². The Morgan fingerprint density at radius 3 is 2.84 bits per heavy atom. The maximum absolute atomic E-state index is 11.1. The largest absolute Gasteiger partial charge is 0.478 e. The molecule has 19 heavy (non-hydrogen) atoms. The molecule has 1 aromatic rings. The van der Waals surface area contributed by atoms with E-state index < -0.39 is 5.97 Å². The van der Waals surface area contributed by atoms with Gasteiger partial charge in [0.1, 0.15) is 11.0 Å². The molecule has 5 nitrogen and oxygen atoms in total. The third-order valence-electron chi connectivity index (χ3n) is 2.92. The van der Waals surface area contributed by atoms with Crippen molar-refractivity contribution in [3.05, 3.63) is 22.8 Å². The average Bonchev–Trinajstić information content (AvgIpc) is 2.25. The highest BCUT2D eigenvalue weighted by Crippen LogP contribution is 2.26. The number of morpholine rings is 1. The zero-order chi connectivity index (χ0) is 14.2. The SMILES string of the molecule is CC1CN(c2cc(C(=O)O)cc(Cl)n2)CC(C)(C)O1. The van der Waals surface area contributed by atoms with Gasteiger partial charge in [-0.05, 0) is 32.9 Å². The van der Waals surface area contributed by atoms with Gasteiger partial charge in [-0.1, -0.05) is 11.6 Å². The Morgan fingerprint density at radius 1 is 1.58 bits per heavy atom. The van der Waals surface area contributed by atoms with Crippen LogP contribution in [-0.4, -0.2) is 40.9 Å². The number of nitrogens with zero attached hydrogens (tertiary/aromatic N) is 2. The minimum Gasteiger partial charge on any atom is -0.478 e. The summed E-state index contributed by atoms with van der Waals surface area (Å²) in [5, 5.41) is 9.24. The molecular weight excluding hydrogens is 268 g/mol. The number of anilines is 1. The molecule has 0 bridgehead atoms. The second-order valence-electron chi connectivity index (χ2n) is 5.41. The molecule has 1 N–H and O–H groups in total. The van der Waals surface area contributed by atoms with Gasteiger partial charge in [-0.25, -0.2) is 9.78 Å². The summed E-state index contributed by atoms with van der Waals surface area (Å²) in [6, 6.07) is 2.89. The average molecular weight is 285 g/mol. The van der Waals surface area contributed by atoms with E-state index in [2.05, 4.69) is 4.98 Å². The van der Waals surface area contributed by atoms with Crippen molar-refractivity contribution in [2.45, 2.75) is 32.5 Å². The lowest BCUT2D eigenvalue weighted by atomic mass is 10.1. The van der Waals surface area contributed by atoms with Gasteiger partial charge in [0.05, 0.1) is 17.3 Å². The van der Waals surface area contributed by atoms with Crippen LogP contribution in [0.4, 0.5) is 5.82 Å². The lowest BCUT2D eigenvalue weighted by Gasteiger charge is -2.42. The number of hydrogen-bond donors (Lipinski definition) is 1. The highest BCUT2D eigenvalue weighted by molar-refractivity contribution is 6.29. The summed E-state index contributed by atoms with van der Waals surface area (Å²) >= 11 is 5.89. The predicted molar refractivity (Wildman–Crippen MR) is 73.0 cm³/mol. The number of carboxylic acid groups (broad SMARTS) is 1. The molecule has 0 aromatic carbocycles. The van der Waals surface area contributed by atoms with E-state index in [1.54, 1.807) is 6.07 Å². The van der Waals surface area contributed by atoms with Crippen molar-refractivity contribution in [3.63, 3.8) is 0 Å². The number of pyridine rings is 1. The van der Waals surface area contributed by atoms with Crippen LogP contribution < -0.4 is 4.90 Å². The van der Waals surface area contributed by atoms with Crippen molar-refractivity contribution < 1.29 is 14.6 Å². The van der Waals surface area contributed by atoms with Gasteiger partial charge in [-0.2, -0.15) is 0 Å². The van der Waals surface area contributed by atoms with E-state index in [0.717, 1.165) is 0 Å². The fraction of sp³-hybridized carbons (Fsp3) is 0.538. The van der Waals surface area contributed by atoms with Crippen molar-refractivity contribution >= 4 is 23.4 Å². The molecule has 2 heterocycles. The van der Waals surface area contributed by atoms with Crippen molar-refractivity contribution in [2.24, 2.45) is 0 Å². The summed E-state index contributed by atoms with van der Waals surface area (Å²) in [4.78, 5) is 17.3. The molecule has 0 amide bonds. The Balaban J connectivity index is 2.33. The van der Waals surface area contributed by atoms with Crippen LogP contribution in [0.15, 0.2) is 12.1 Å². The van der Waals surface area contributed by atoms with Crippen molar-refractivity contribution in [1.29, 1.82) is 0 Å². The van der Waals surface area contributed by atoms with E-state index in [9.17, 15) is 4.79 Å². The number of rotatable bonds is 2. The van der Waals surface area contributed by atoms with E-state index in [1.165, 1.54) is 6.07 Å². The van der Waals surface area contributed by atoms with E-state index in [0.29, 0.717) is 18.9 Å². The number of aromatic nitrogens is 1. The number of carbonyl (C=O) groups is 1. The smallest absolute Gasteiger partial charge is 0.335 e. The molecule has 0 aliphatic carbocycles. The van der Waals surface area contributed by atoms with Crippen molar-refractivity contribution in [1.82, 2.24) is 4.98 Å². The number of hydrogen-bond acceptors (Lipinski definition) is 4. The van der Waals surface area contributed by atoms with Gasteiger partial charge in [0, 0.05) is 13.1 Å². The predicted octanol–water partition coefficient (Wildman–Crippen LogP) is 2.44. The Bertz CT molecular complexity index is 505. The highest BCUT2D eigenvalue weighted by atomic mass is 35.5. The highest BCUT2D eigenvalue weighted by Gasteiger charge is 2.32. The van der Waals surface area contributed by atoms with Gasteiger partial charge in [0.15, 0.2) is 0 Å². The fourth-order valence-corrected chi connectivity index (χ4v) is 2.60. The molecule has 1 aliphatic heterocycles. The zero-order valence-corrected chi connectivity index (χ0v) is 11.9. The first-order valence-electron chi connectivity index (χ1n) is 6.10. The molecule has 0 spiro atoms. The Labute approximate surface area is 117 Å². The monoisotopic (exact) mass is 284 g/mol. The minimum atomic E-state index is -1.01. The summed E-state index contributed by atoms with van der Waals surface area (Å²) in [5.41, 5.74) is -0.155. The van der Waals surface area contributed by atoms with Crippen LogP contribution in [0.1, 0.15) is 31.1 Å². The number of aromatic carboxylic acids is 1. The molecular formula is C13H17ClN2O3. The van der Waals surface area contributed by atoms with E-state index >= 15 is 0 Å². The first-order chi connectivity index (χ1) is 8.77. The van der Waals surface area contributed by atoms with Crippen molar-refractivity contribution in [3.8, 4) is 0 Å². The van der Waals surface area contributed by atoms with Crippen molar-refractivity contribution in [2.75, 3.05) is 18.0 Å². The van der Waals surface area contributed by atoms with Crippen LogP contribution in [0.25, 0.3) is 0 Å². The topological polar surface area (TPSA) is 62.7 Å². The Hall–Kier alpha value is -1.33. The molecule has 0 saturated carbocycles. The lowest BCUT2D eigenvalue weighted by Crippen LogP contribution is -2.52. The maximum Gasteiger partial charge on any atom is 0.335 e. The van der Waals surface area contributed by atoms with Crippen LogP contribution >= 0.6 is 11.6 Å². The lowest BCUT2D eigenvalue weighted by molar-refractivity contribution is -0.0751. The van der Waals surface area contributed by atoms with E-state index in [1.807, 2.05) is 25.7 Å². The third kappa shape index (κ3) is 3.36. The summed E-state index contributed by atoms with van der Waals surface area (Å²) in [6.45, 7) is 7.28. The molecule has 1 aliphatic rings. The number of ether oxygens (including phenoxy) is 1. The van der Waals surface area contributed by atoms with Gasteiger partial charge in [0.25, 0.3) is 0 Å². The standard InChI is InChI=1S/C13H17ClN2O3/c1-8-6-16(7-13(2,3)19-8)11-5-9(12(17)18)4-10(14)15-11/h4-5,8H,6-7H2,1-3H3,(H,17,18). The van der Waals surface area contributed by atoms with Crippen LogP contribution in [0, 0.1) is 0 Å². The molecule has 1 fully saturated rings. The normalized spacial score (nSPS) is 22.3. The summed E-state index contributed by atoms with van der Waals surface area (Å²) in [6.07, 6.45) is 0.0535. The quantitative estimate of drug-likeness (QED) is 0.845. The first-order valence-corrected chi connectivity index (χ1v) is 6.48. The minimum absolute atomic E-state index is 0.0535. The van der Waals surface area contributed by atoms with Crippen LogP contribution in [0.5, 0.6) is 0 Å². The molecule has 104 valence electrons. The fourth-order valence-electron chi connectivity index (χ4n) is 2.40. The molecule has 1 saturated heterocycles. The molecule has 0 radical (unpaired) electrons. The number of halogens is 1. The molecule has 2 rings (SSSR count). The summed E-state index contributed by atoms with van der Waals surface area (Å²) in [5.74, 6) is -0.431. The van der Waals surface area contributed by atoms with Crippen LogP contribution in [0.2, 0.25) is 5.15 Å². The number of carboxylic acids is 1. The second kappa shape index (κ2) is 4.98. The Kier molecular flexibility index (Phi) is 3.69. The third-order valence-corrected chi connectivity index (χ3v) is 3.11. The second-order valence-corrected chi connectivity index (χ2v) is 5.80. The van der Waals surface area contributed by atoms with Gasteiger partial charge < -0.3 is 14.7 Å². The van der Waals surface area contributed by atoms with Crippen LogP contribution in [-0.2, 0) is 4.74 Å². The molecule has 1 aromatic heterocycles. The summed E-state index contributed by atoms with van der Waals surface area (Å²) < 4.78 is 5.81. The molecule has 1 unspecified atom stereocenters. The van der Waals surface area contributed by atoms with E-state index in [-0.39, 0.29) is 22.4 Å². The van der Waals surface area contributed by atoms with Gasteiger partial charge in [-0.3, -0.25) is 0 Å². The zero-order valence-electron chi connectivity index (χ0n) is 11.2. The Morgan fingerprint density at radius 2 is 2.26 bits per heavy atom. The van der Waals surface area contributed by atoms with Crippen LogP contribution in [0.3, 0.4) is 0 Å². The molecule has 1 atom stereocenters. The maximum atomic E-state index is 11.1. The summed E-state index contributed by atoms with van der Waals surface area (Å²) in [7, 11) is 0. The molecule has 6 heteroatoms. The first kappa shape index (κ1) is 14.1. The van der Waals surface area contributed by atoms with Gasteiger partial charge in [0.2, 0.25) is 0 Å². The van der Waals surface area contributed by atoms with Gasteiger partial charge in [-0.15, -0.1) is 0 Å².